The van der Waals surface area contributed by atoms with Crippen LogP contribution >= 0.6 is 0 Å². The van der Waals surface area contributed by atoms with Gasteiger partial charge in [0.15, 0.2) is 5.78 Å². The van der Waals surface area contributed by atoms with E-state index in [2.05, 4.69) is 18.8 Å². The van der Waals surface area contributed by atoms with Gasteiger partial charge in [-0.2, -0.15) is 0 Å². The summed E-state index contributed by atoms with van der Waals surface area (Å²) in [4.78, 5) is 17.2. The van der Waals surface area contributed by atoms with Crippen molar-refractivity contribution < 1.29 is 9.53 Å². The van der Waals surface area contributed by atoms with Crippen molar-refractivity contribution in [3.8, 4) is 0 Å². The summed E-state index contributed by atoms with van der Waals surface area (Å²) in [5, 5.41) is 0. The monoisotopic (exact) mass is 281 g/mol. The Morgan fingerprint density at radius 3 is 2.48 bits per heavy atom. The van der Waals surface area contributed by atoms with Gasteiger partial charge in [0.25, 0.3) is 0 Å². The lowest BCUT2D eigenvalue weighted by Gasteiger charge is -2.28. The number of Topliss-reactive ketones (excluding diaryl/α,β-unsaturated/α-hetero) is 1. The molecule has 0 unspecified atom stereocenters. The van der Waals surface area contributed by atoms with Crippen molar-refractivity contribution in [3.63, 3.8) is 0 Å². The summed E-state index contributed by atoms with van der Waals surface area (Å²) in [6, 6.07) is 9.84. The molecule has 1 heterocycles. The number of benzene rings is 1. The fourth-order valence-electron chi connectivity index (χ4n) is 3.54. The fourth-order valence-corrected chi connectivity index (χ4v) is 3.54. The van der Waals surface area contributed by atoms with Crippen LogP contribution in [-0.2, 0) is 9.53 Å². The second-order valence-corrected chi connectivity index (χ2v) is 7.18. The predicted molar refractivity (Wildman–Crippen MR) is 81.3 cm³/mol. The molecule has 0 radical (unpaired) electrons. The van der Waals surface area contributed by atoms with E-state index in [9.17, 15) is 4.79 Å². The summed E-state index contributed by atoms with van der Waals surface area (Å²) in [7, 11) is 0. The maximum absolute atomic E-state index is 12.6. The van der Waals surface area contributed by atoms with E-state index in [1.807, 2.05) is 30.3 Å². The van der Waals surface area contributed by atoms with Crippen molar-refractivity contribution in [1.29, 1.82) is 0 Å². The number of hydrogen-bond acceptors (Lipinski definition) is 3. The van der Waals surface area contributed by atoms with Crippen LogP contribution in [0.25, 0.3) is 0 Å². The van der Waals surface area contributed by atoms with E-state index in [1.54, 1.807) is 0 Å². The summed E-state index contributed by atoms with van der Waals surface area (Å²) < 4.78 is 6.06. The topological polar surface area (TPSA) is 38.7 Å². The van der Waals surface area contributed by atoms with Crippen LogP contribution in [0.2, 0.25) is 0 Å². The van der Waals surface area contributed by atoms with Crippen LogP contribution in [0.1, 0.15) is 39.5 Å². The molecule has 4 rings (SSSR count). The van der Waals surface area contributed by atoms with Gasteiger partial charge < -0.3 is 4.74 Å². The average Bonchev–Trinajstić information content (AvgIpc) is 3.12. The third kappa shape index (κ3) is 1.95. The Hall–Kier alpha value is -1.90. The van der Waals surface area contributed by atoms with Crippen LogP contribution in [0.15, 0.2) is 46.7 Å². The Morgan fingerprint density at radius 1 is 1.10 bits per heavy atom. The minimum atomic E-state index is -0.196. The number of aliphatic imine (C=N–C) groups is 1. The van der Waals surface area contributed by atoms with Gasteiger partial charge in [0, 0.05) is 18.4 Å². The predicted octanol–water partition coefficient (Wildman–Crippen LogP) is 4.17. The number of rotatable bonds is 1. The first-order valence-electron chi connectivity index (χ1n) is 7.59. The highest BCUT2D eigenvalue weighted by molar-refractivity contribution is 6.10. The molecule has 0 amide bonds. The Morgan fingerprint density at radius 2 is 1.81 bits per heavy atom. The molecule has 21 heavy (non-hydrogen) atoms. The molecule has 1 aromatic carbocycles. The van der Waals surface area contributed by atoms with Gasteiger partial charge in [-0.1, -0.05) is 32.0 Å². The van der Waals surface area contributed by atoms with Gasteiger partial charge in [0.1, 0.15) is 5.76 Å². The maximum Gasteiger partial charge on any atom is 0.205 e. The summed E-state index contributed by atoms with van der Waals surface area (Å²) in [6.45, 7) is 4.26. The van der Waals surface area contributed by atoms with Crippen molar-refractivity contribution in [2.45, 2.75) is 39.5 Å². The molecule has 1 aromatic rings. The number of ketones is 1. The van der Waals surface area contributed by atoms with E-state index >= 15 is 0 Å². The standard InChI is InChI=1S/C18H19NO2/c1-17(2)10-13(20)15-14(11-17)21-16(18(15)8-9-18)19-12-6-4-3-5-7-12/h3-7H,8-11H2,1-2H3. The van der Waals surface area contributed by atoms with Crippen molar-refractivity contribution >= 4 is 17.4 Å². The van der Waals surface area contributed by atoms with Crippen LogP contribution < -0.4 is 0 Å². The Balaban J connectivity index is 1.74. The minimum Gasteiger partial charge on any atom is -0.446 e. The quantitative estimate of drug-likeness (QED) is 0.775. The lowest BCUT2D eigenvalue weighted by atomic mass is 9.74. The normalized spacial score (nSPS) is 27.0. The van der Waals surface area contributed by atoms with E-state index in [1.165, 1.54) is 0 Å². The Labute approximate surface area is 124 Å². The fraction of sp³-hybridized carbons (Fsp3) is 0.444. The van der Waals surface area contributed by atoms with Crippen molar-refractivity contribution in [2.24, 2.45) is 15.8 Å². The first kappa shape index (κ1) is 12.8. The average molecular weight is 281 g/mol. The summed E-state index contributed by atoms with van der Waals surface area (Å²) in [6.07, 6.45) is 3.44. The third-order valence-corrected chi connectivity index (χ3v) is 4.68. The minimum absolute atomic E-state index is 0.00576. The molecule has 0 N–H and O–H groups in total. The zero-order chi connectivity index (χ0) is 14.7. The smallest absolute Gasteiger partial charge is 0.205 e. The molecule has 0 atom stereocenters. The number of allylic oxidation sites excluding steroid dienone is 1. The maximum atomic E-state index is 12.6. The van der Waals surface area contributed by atoms with Crippen LogP contribution in [0.3, 0.4) is 0 Å². The van der Waals surface area contributed by atoms with Gasteiger partial charge in [-0.15, -0.1) is 0 Å². The highest BCUT2D eigenvalue weighted by Crippen LogP contribution is 2.62. The van der Waals surface area contributed by atoms with Crippen LogP contribution in [0.4, 0.5) is 5.69 Å². The number of ether oxygens (including phenoxy) is 1. The largest absolute Gasteiger partial charge is 0.446 e. The molecule has 1 spiro atoms. The first-order valence-corrected chi connectivity index (χ1v) is 7.59. The summed E-state index contributed by atoms with van der Waals surface area (Å²) in [5.41, 5.74) is 1.62. The molecule has 1 aliphatic heterocycles. The van der Waals surface area contributed by atoms with E-state index in [4.69, 9.17) is 4.74 Å². The number of nitrogens with zero attached hydrogens (tertiary/aromatic N) is 1. The van der Waals surface area contributed by atoms with Gasteiger partial charge >= 0.3 is 0 Å². The Kier molecular flexibility index (Phi) is 2.48. The van der Waals surface area contributed by atoms with Crippen LogP contribution in [0, 0.1) is 10.8 Å². The van der Waals surface area contributed by atoms with Gasteiger partial charge in [-0.3, -0.25) is 4.79 Å². The zero-order valence-electron chi connectivity index (χ0n) is 12.5. The molecule has 0 bridgehead atoms. The Bertz CT molecular complexity index is 678. The number of fused-ring (bicyclic) bond motifs is 1. The van der Waals surface area contributed by atoms with Gasteiger partial charge in [-0.05, 0) is 30.4 Å². The SMILES string of the molecule is CC1(C)CC(=O)C2=C(C1)OC(=Nc1ccccc1)C21CC1. The van der Waals surface area contributed by atoms with Gasteiger partial charge in [0.05, 0.1) is 11.1 Å². The highest BCUT2D eigenvalue weighted by atomic mass is 16.5. The van der Waals surface area contributed by atoms with Gasteiger partial charge in [0.2, 0.25) is 5.90 Å². The van der Waals surface area contributed by atoms with E-state index in [-0.39, 0.29) is 16.6 Å². The van der Waals surface area contributed by atoms with Crippen molar-refractivity contribution in [1.82, 2.24) is 0 Å². The molecule has 3 aliphatic rings. The number of carbonyl (C=O) groups is 1. The van der Waals surface area contributed by atoms with Crippen LogP contribution in [0.5, 0.6) is 0 Å². The van der Waals surface area contributed by atoms with E-state index in [0.717, 1.165) is 42.2 Å². The van der Waals surface area contributed by atoms with E-state index < -0.39 is 0 Å². The number of carbonyl (C=O) groups excluding carboxylic acids is 1. The van der Waals surface area contributed by atoms with Crippen molar-refractivity contribution in [2.75, 3.05) is 0 Å². The summed E-state index contributed by atoms with van der Waals surface area (Å²) in [5.74, 6) is 1.88. The first-order chi connectivity index (χ1) is 10.0. The zero-order valence-corrected chi connectivity index (χ0v) is 12.5. The van der Waals surface area contributed by atoms with Crippen LogP contribution in [-0.4, -0.2) is 11.7 Å². The summed E-state index contributed by atoms with van der Waals surface area (Å²) >= 11 is 0. The molecule has 1 fully saturated rings. The van der Waals surface area contributed by atoms with E-state index in [0.29, 0.717) is 6.42 Å². The second-order valence-electron chi connectivity index (χ2n) is 7.18. The lowest BCUT2D eigenvalue weighted by Crippen LogP contribution is -2.27. The molecule has 3 nitrogen and oxygen atoms in total. The molecular weight excluding hydrogens is 262 g/mol. The molecule has 2 aliphatic carbocycles. The molecule has 108 valence electrons. The number of hydrogen-bond donors (Lipinski definition) is 0. The molecule has 3 heteroatoms. The van der Waals surface area contributed by atoms with Crippen molar-refractivity contribution in [3.05, 3.63) is 41.7 Å². The molecule has 0 aromatic heterocycles. The molecule has 0 saturated heterocycles. The highest BCUT2D eigenvalue weighted by Gasteiger charge is 2.61. The third-order valence-electron chi connectivity index (χ3n) is 4.68. The molecular formula is C18H19NO2. The lowest BCUT2D eigenvalue weighted by molar-refractivity contribution is -0.118. The van der Waals surface area contributed by atoms with Gasteiger partial charge in [-0.25, -0.2) is 4.99 Å². The molecule has 1 saturated carbocycles. The number of para-hydroxylation sites is 1. The second kappa shape index (κ2) is 4.06.